The summed E-state index contributed by atoms with van der Waals surface area (Å²) in [5.41, 5.74) is 23.5. The van der Waals surface area contributed by atoms with Crippen LogP contribution in [0.5, 0.6) is 0 Å². The molecule has 5 nitrogen and oxygen atoms in total. The van der Waals surface area contributed by atoms with Gasteiger partial charge in [0.15, 0.2) is 0 Å². The lowest BCUT2D eigenvalue weighted by Gasteiger charge is -2.42. The van der Waals surface area contributed by atoms with E-state index in [2.05, 4.69) is 257 Å². The standard InChI is InChI=1S/C77H43N5/c78-41-62-75(63(42-79)77-73-72(59-20-10-19-57-54-17-4-6-21-64(54)82(77)74(57)59)58-18-5-7-22-65(58)80(76(62)73)51-15-2-1-3-16-51)81-66-37-31-49(52-33-27-47-25-23-43-11-8-13-45-29-35-55(52)70(47)68(43)45)39-60(66)61-40-50(32-38-67(61)81)53-34-28-48-26-24-44-12-9-14-46-30-36-56(53)71(48)69(44)46/h1-11,13-40,71-72H,12H2. The van der Waals surface area contributed by atoms with Crippen LogP contribution in [0, 0.1) is 28.6 Å². The van der Waals surface area contributed by atoms with E-state index in [0.717, 1.165) is 106 Å². The zero-order chi connectivity index (χ0) is 53.6. The second-order valence-electron chi connectivity index (χ2n) is 22.8. The van der Waals surface area contributed by atoms with Gasteiger partial charge < -0.3 is 14.0 Å². The third kappa shape index (κ3) is 5.50. The summed E-state index contributed by atoms with van der Waals surface area (Å²) in [6.07, 6.45) is 19.4. The van der Waals surface area contributed by atoms with Crippen LogP contribution in [0.1, 0.15) is 45.7 Å². The highest BCUT2D eigenvalue weighted by molar-refractivity contribution is 6.26. The van der Waals surface area contributed by atoms with Crippen molar-refractivity contribution in [3.63, 3.8) is 0 Å². The van der Waals surface area contributed by atoms with E-state index in [1.807, 2.05) is 6.07 Å². The Labute approximate surface area is 471 Å². The maximum atomic E-state index is 12.3. The highest BCUT2D eigenvalue weighted by atomic mass is 15.2. The number of nitriles is 2. The van der Waals surface area contributed by atoms with Gasteiger partial charge in [0, 0.05) is 44.6 Å². The predicted octanol–water partition coefficient (Wildman–Crippen LogP) is 19.1. The largest absolute Gasteiger partial charge is 0.308 e. The molecule has 0 spiro atoms. The molecule has 0 saturated carbocycles. The molecule has 2 aliphatic heterocycles. The molecule has 0 bridgehead atoms. The number of para-hydroxylation sites is 4. The Kier molecular flexibility index (Phi) is 8.50. The Morgan fingerprint density at radius 1 is 0.463 bits per heavy atom. The van der Waals surface area contributed by atoms with Gasteiger partial charge in [-0.1, -0.05) is 188 Å². The van der Waals surface area contributed by atoms with Crippen LogP contribution in [-0.2, 0) is 0 Å². The van der Waals surface area contributed by atoms with Crippen molar-refractivity contribution in [3.05, 3.63) is 298 Å². The molecular formula is C77H43N5. The Hall–Kier alpha value is -11.0. The molecular weight excluding hydrogens is 995 g/mol. The number of allylic oxidation sites excluding steroid dienone is 14. The topological polar surface area (TPSA) is 60.7 Å². The van der Waals surface area contributed by atoms with Crippen molar-refractivity contribution in [2.24, 2.45) is 5.92 Å². The van der Waals surface area contributed by atoms with Crippen molar-refractivity contribution in [1.29, 1.82) is 10.5 Å². The van der Waals surface area contributed by atoms with E-state index in [1.54, 1.807) is 0 Å². The number of rotatable bonds is 4. The molecule has 2 unspecified atom stereocenters. The molecule has 11 aromatic carbocycles. The van der Waals surface area contributed by atoms with Crippen LogP contribution >= 0.6 is 0 Å². The molecule has 0 radical (unpaired) electrons. The first-order valence-corrected chi connectivity index (χ1v) is 28.3. The first-order valence-electron chi connectivity index (χ1n) is 28.3. The normalized spacial score (nSPS) is 17.1. The fraction of sp³-hybridized carbons (Fsp3) is 0.0390. The number of hydrogen-bond donors (Lipinski definition) is 0. The number of aromatic nitrogens is 2. The molecule has 4 aliphatic carbocycles. The highest BCUT2D eigenvalue weighted by Gasteiger charge is 2.44. The van der Waals surface area contributed by atoms with Gasteiger partial charge in [0.25, 0.3) is 0 Å². The first kappa shape index (κ1) is 43.9. The van der Waals surface area contributed by atoms with Crippen LogP contribution in [0.2, 0.25) is 0 Å². The maximum Gasteiger partial charge on any atom is 0.104 e. The van der Waals surface area contributed by atoms with E-state index < -0.39 is 0 Å². The first-order chi connectivity index (χ1) is 40.6. The minimum absolute atomic E-state index is 0.162. The van der Waals surface area contributed by atoms with Crippen molar-refractivity contribution < 1.29 is 0 Å². The Bertz CT molecular complexity index is 5500. The molecule has 2 atom stereocenters. The smallest absolute Gasteiger partial charge is 0.104 e. The van der Waals surface area contributed by atoms with Gasteiger partial charge in [0.1, 0.15) is 23.3 Å². The summed E-state index contributed by atoms with van der Waals surface area (Å²) in [5, 5.41) is 36.4. The third-order valence-corrected chi connectivity index (χ3v) is 19.0. The minimum Gasteiger partial charge on any atom is -0.308 e. The van der Waals surface area contributed by atoms with Crippen LogP contribution in [0.3, 0.4) is 0 Å². The van der Waals surface area contributed by atoms with Gasteiger partial charge in [-0.3, -0.25) is 0 Å². The molecule has 0 N–H and O–H groups in total. The van der Waals surface area contributed by atoms with E-state index in [4.69, 9.17) is 0 Å². The van der Waals surface area contributed by atoms with E-state index >= 15 is 0 Å². The number of hydrogen-bond acceptors (Lipinski definition) is 3. The number of fused-ring (bicyclic) bond motifs is 10. The Morgan fingerprint density at radius 3 is 2.01 bits per heavy atom. The Balaban J connectivity index is 0.947. The summed E-state index contributed by atoms with van der Waals surface area (Å²) in [7, 11) is 0. The highest BCUT2D eigenvalue weighted by Crippen LogP contribution is 2.61. The molecule has 2 aromatic heterocycles. The molecule has 4 heterocycles. The monoisotopic (exact) mass is 1040 g/mol. The van der Waals surface area contributed by atoms with Gasteiger partial charge in [-0.15, -0.1) is 0 Å². The van der Waals surface area contributed by atoms with Crippen molar-refractivity contribution >= 4 is 98.6 Å². The quantitative estimate of drug-likeness (QED) is 0.165. The second-order valence-corrected chi connectivity index (χ2v) is 22.8. The van der Waals surface area contributed by atoms with Gasteiger partial charge >= 0.3 is 0 Å². The predicted molar refractivity (Wildman–Crippen MR) is 335 cm³/mol. The summed E-state index contributed by atoms with van der Waals surface area (Å²) in [4.78, 5) is 2.29. The van der Waals surface area contributed by atoms with Crippen LogP contribution in [0.4, 0.5) is 17.1 Å². The summed E-state index contributed by atoms with van der Waals surface area (Å²) in [6, 6.07) is 74.0. The summed E-state index contributed by atoms with van der Waals surface area (Å²) in [5.74, 6) is -0.104. The number of nitrogens with zero attached hydrogens (tertiary/aromatic N) is 5. The van der Waals surface area contributed by atoms with Crippen molar-refractivity contribution in [2.45, 2.75) is 12.3 Å². The van der Waals surface area contributed by atoms with Crippen LogP contribution in [0.15, 0.2) is 265 Å². The molecule has 19 rings (SSSR count). The number of benzene rings is 11. The Morgan fingerprint density at radius 2 is 1.16 bits per heavy atom. The summed E-state index contributed by atoms with van der Waals surface area (Å²) >= 11 is 0. The minimum atomic E-state index is -0.266. The number of anilines is 3. The molecule has 0 amide bonds. The van der Waals surface area contributed by atoms with Crippen LogP contribution < -0.4 is 4.90 Å². The fourth-order valence-electron chi connectivity index (χ4n) is 15.7. The van der Waals surface area contributed by atoms with Gasteiger partial charge in [-0.05, 0) is 149 Å². The molecule has 5 heteroatoms. The lowest BCUT2D eigenvalue weighted by Crippen LogP contribution is -2.29. The fourth-order valence-corrected chi connectivity index (χ4v) is 15.7. The average molecular weight is 1040 g/mol. The second kappa shape index (κ2) is 15.9. The van der Waals surface area contributed by atoms with E-state index in [1.165, 1.54) is 65.8 Å². The van der Waals surface area contributed by atoms with Gasteiger partial charge in [-0.2, -0.15) is 10.5 Å². The molecule has 376 valence electrons. The molecule has 6 aliphatic rings. The lowest BCUT2D eigenvalue weighted by molar-refractivity contribution is 0.835. The zero-order valence-electron chi connectivity index (χ0n) is 44.1. The molecule has 82 heavy (non-hydrogen) atoms. The van der Waals surface area contributed by atoms with Crippen LogP contribution in [-0.4, -0.2) is 9.13 Å². The maximum absolute atomic E-state index is 12.3. The molecule has 13 aromatic rings. The molecule has 0 saturated heterocycles. The van der Waals surface area contributed by atoms with E-state index in [0.29, 0.717) is 16.8 Å². The summed E-state index contributed by atoms with van der Waals surface area (Å²) in [6.45, 7) is 0. The van der Waals surface area contributed by atoms with Gasteiger partial charge in [-0.25, -0.2) is 0 Å². The van der Waals surface area contributed by atoms with Crippen molar-refractivity contribution in [3.8, 4) is 34.6 Å². The van der Waals surface area contributed by atoms with Crippen molar-refractivity contribution in [2.75, 3.05) is 4.90 Å². The molecule has 0 fully saturated rings. The lowest BCUT2D eigenvalue weighted by atomic mass is 9.67. The van der Waals surface area contributed by atoms with E-state index in [-0.39, 0.29) is 11.8 Å². The van der Waals surface area contributed by atoms with Crippen LogP contribution in [0.25, 0.3) is 104 Å². The van der Waals surface area contributed by atoms with Gasteiger partial charge in [0.2, 0.25) is 0 Å². The van der Waals surface area contributed by atoms with Crippen molar-refractivity contribution in [1.82, 2.24) is 9.13 Å². The van der Waals surface area contributed by atoms with Gasteiger partial charge in [0.05, 0.1) is 44.8 Å². The van der Waals surface area contributed by atoms with E-state index in [9.17, 15) is 10.5 Å². The zero-order valence-corrected chi connectivity index (χ0v) is 44.1. The third-order valence-electron chi connectivity index (χ3n) is 19.0. The summed E-state index contributed by atoms with van der Waals surface area (Å²) < 4.78 is 4.62. The SMILES string of the molecule is N#Cc1c2c3c(c(C#N)c1-n1c4ccc(C5=C6C=CC7=C8C(=CC=C(C=C5)C68)CC=C7)cc4c4cc(-c5ccc6ccc7cccc8ccc5c6c78)ccc41)-n1c4ccccc4c4cccc(c41)C3c1ccccc1N2c1ccccc1. The average Bonchev–Trinajstić information content (AvgIpc) is 1.43.